The first-order valence-electron chi connectivity index (χ1n) is 6.26. The van der Waals surface area contributed by atoms with Gasteiger partial charge in [0.2, 0.25) is 0 Å². The number of para-hydroxylation sites is 1. The average molecular weight is 257 g/mol. The highest BCUT2D eigenvalue weighted by Gasteiger charge is 2.10. The molecule has 0 radical (unpaired) electrons. The van der Waals surface area contributed by atoms with Gasteiger partial charge < -0.3 is 10.1 Å². The SMILES string of the molecule is C=Cn1cc(CN[C@H](C)c2ccccc2OC)cn1. The van der Waals surface area contributed by atoms with Gasteiger partial charge in [-0.05, 0) is 13.0 Å². The van der Waals surface area contributed by atoms with Crippen LogP contribution in [0.5, 0.6) is 5.75 Å². The lowest BCUT2D eigenvalue weighted by Gasteiger charge is -2.16. The van der Waals surface area contributed by atoms with Gasteiger partial charge in [0.25, 0.3) is 0 Å². The van der Waals surface area contributed by atoms with Gasteiger partial charge in [0.1, 0.15) is 5.75 Å². The second-order valence-electron chi connectivity index (χ2n) is 4.36. The van der Waals surface area contributed by atoms with E-state index in [1.54, 1.807) is 18.0 Å². The fourth-order valence-corrected chi connectivity index (χ4v) is 1.97. The van der Waals surface area contributed by atoms with Crippen molar-refractivity contribution in [3.8, 4) is 5.75 Å². The molecule has 0 aliphatic carbocycles. The molecule has 0 bridgehead atoms. The molecule has 1 aromatic carbocycles. The third-order valence-electron chi connectivity index (χ3n) is 3.06. The summed E-state index contributed by atoms with van der Waals surface area (Å²) in [6.07, 6.45) is 5.46. The van der Waals surface area contributed by atoms with Crippen molar-refractivity contribution in [2.45, 2.75) is 19.5 Å². The maximum Gasteiger partial charge on any atom is 0.123 e. The lowest BCUT2D eigenvalue weighted by molar-refractivity contribution is 0.401. The zero-order valence-corrected chi connectivity index (χ0v) is 11.3. The number of hydrogen-bond donors (Lipinski definition) is 1. The van der Waals surface area contributed by atoms with E-state index in [-0.39, 0.29) is 6.04 Å². The molecule has 0 spiro atoms. The van der Waals surface area contributed by atoms with E-state index in [9.17, 15) is 0 Å². The maximum atomic E-state index is 5.37. The van der Waals surface area contributed by atoms with Crippen LogP contribution in [0.1, 0.15) is 24.1 Å². The number of ether oxygens (including phenoxy) is 1. The zero-order valence-electron chi connectivity index (χ0n) is 11.3. The van der Waals surface area contributed by atoms with Gasteiger partial charge in [0.05, 0.1) is 13.3 Å². The summed E-state index contributed by atoms with van der Waals surface area (Å²) in [6, 6.07) is 8.25. The van der Waals surface area contributed by atoms with Crippen molar-refractivity contribution in [3.05, 3.63) is 54.4 Å². The largest absolute Gasteiger partial charge is 0.496 e. The Hall–Kier alpha value is -2.07. The van der Waals surface area contributed by atoms with Crippen LogP contribution in [0.2, 0.25) is 0 Å². The minimum absolute atomic E-state index is 0.211. The summed E-state index contributed by atoms with van der Waals surface area (Å²) in [7, 11) is 1.69. The van der Waals surface area contributed by atoms with Crippen LogP contribution < -0.4 is 10.1 Å². The summed E-state index contributed by atoms with van der Waals surface area (Å²) < 4.78 is 7.07. The molecule has 1 heterocycles. The standard InChI is InChI=1S/C15H19N3O/c1-4-18-11-13(10-17-18)9-16-12(2)14-7-5-6-8-15(14)19-3/h4-8,10-12,16H,1,9H2,2-3H3/t12-/m1/s1. The molecular formula is C15H19N3O. The normalized spacial score (nSPS) is 12.1. The molecule has 4 nitrogen and oxygen atoms in total. The minimum Gasteiger partial charge on any atom is -0.496 e. The predicted octanol–water partition coefficient (Wildman–Crippen LogP) is 2.84. The fraction of sp³-hybridized carbons (Fsp3) is 0.267. The highest BCUT2D eigenvalue weighted by atomic mass is 16.5. The van der Waals surface area contributed by atoms with E-state index in [0.29, 0.717) is 0 Å². The Morgan fingerprint density at radius 1 is 1.47 bits per heavy atom. The molecule has 1 N–H and O–H groups in total. The number of aromatic nitrogens is 2. The smallest absolute Gasteiger partial charge is 0.123 e. The Kier molecular flexibility index (Phi) is 4.36. The molecule has 1 atom stereocenters. The molecule has 1 aromatic heterocycles. The quantitative estimate of drug-likeness (QED) is 0.865. The predicted molar refractivity (Wildman–Crippen MR) is 76.9 cm³/mol. The van der Waals surface area contributed by atoms with E-state index in [2.05, 4.69) is 30.0 Å². The highest BCUT2D eigenvalue weighted by molar-refractivity contribution is 5.35. The molecule has 0 saturated heterocycles. The number of rotatable bonds is 6. The molecule has 19 heavy (non-hydrogen) atoms. The van der Waals surface area contributed by atoms with E-state index in [4.69, 9.17) is 4.74 Å². The van der Waals surface area contributed by atoms with Gasteiger partial charge in [0.15, 0.2) is 0 Å². The van der Waals surface area contributed by atoms with Gasteiger partial charge in [-0.15, -0.1) is 0 Å². The lowest BCUT2D eigenvalue weighted by atomic mass is 10.1. The monoisotopic (exact) mass is 257 g/mol. The Labute approximate surface area is 113 Å². The summed E-state index contributed by atoms with van der Waals surface area (Å²) in [5.74, 6) is 0.907. The summed E-state index contributed by atoms with van der Waals surface area (Å²) >= 11 is 0. The highest BCUT2D eigenvalue weighted by Crippen LogP contribution is 2.24. The first kappa shape index (κ1) is 13.4. The number of benzene rings is 1. The van der Waals surface area contributed by atoms with Crippen LogP contribution in [0.25, 0.3) is 6.20 Å². The molecule has 0 fully saturated rings. The molecule has 100 valence electrons. The first-order valence-corrected chi connectivity index (χ1v) is 6.26. The second kappa shape index (κ2) is 6.20. The van der Waals surface area contributed by atoms with Crippen molar-refractivity contribution in [1.29, 1.82) is 0 Å². The number of hydrogen-bond acceptors (Lipinski definition) is 3. The van der Waals surface area contributed by atoms with Gasteiger partial charge in [0, 0.05) is 36.1 Å². The topological polar surface area (TPSA) is 39.1 Å². The maximum absolute atomic E-state index is 5.37. The summed E-state index contributed by atoms with van der Waals surface area (Å²) in [6.45, 7) is 6.55. The van der Waals surface area contributed by atoms with Crippen molar-refractivity contribution >= 4 is 6.20 Å². The third kappa shape index (κ3) is 3.23. The van der Waals surface area contributed by atoms with Gasteiger partial charge in [-0.2, -0.15) is 5.10 Å². The van der Waals surface area contributed by atoms with Crippen molar-refractivity contribution in [3.63, 3.8) is 0 Å². The molecule has 0 aliphatic rings. The van der Waals surface area contributed by atoms with E-state index in [1.807, 2.05) is 30.6 Å². The van der Waals surface area contributed by atoms with Gasteiger partial charge in [-0.1, -0.05) is 24.8 Å². The lowest BCUT2D eigenvalue weighted by Crippen LogP contribution is -2.18. The van der Waals surface area contributed by atoms with E-state index < -0.39 is 0 Å². The van der Waals surface area contributed by atoms with Crippen molar-refractivity contribution in [1.82, 2.24) is 15.1 Å². The van der Waals surface area contributed by atoms with Crippen molar-refractivity contribution in [2.75, 3.05) is 7.11 Å². The van der Waals surface area contributed by atoms with Crippen LogP contribution in [0.15, 0.2) is 43.2 Å². The molecule has 0 saturated carbocycles. The second-order valence-corrected chi connectivity index (χ2v) is 4.36. The van der Waals surface area contributed by atoms with Gasteiger partial charge in [-0.25, -0.2) is 4.68 Å². The number of nitrogens with zero attached hydrogens (tertiary/aromatic N) is 2. The minimum atomic E-state index is 0.211. The van der Waals surface area contributed by atoms with Gasteiger partial charge in [-0.3, -0.25) is 0 Å². The number of nitrogens with one attached hydrogen (secondary N) is 1. The van der Waals surface area contributed by atoms with Crippen LogP contribution in [-0.2, 0) is 6.54 Å². The van der Waals surface area contributed by atoms with E-state index in [1.165, 1.54) is 0 Å². The Bertz CT molecular complexity index is 548. The molecule has 0 amide bonds. The van der Waals surface area contributed by atoms with Crippen LogP contribution in [-0.4, -0.2) is 16.9 Å². The van der Waals surface area contributed by atoms with Crippen LogP contribution in [0.4, 0.5) is 0 Å². The van der Waals surface area contributed by atoms with E-state index >= 15 is 0 Å². The Balaban J connectivity index is 2.00. The molecular weight excluding hydrogens is 238 g/mol. The van der Waals surface area contributed by atoms with Crippen molar-refractivity contribution in [2.24, 2.45) is 0 Å². The molecule has 2 aromatic rings. The summed E-state index contributed by atoms with van der Waals surface area (Å²) in [4.78, 5) is 0. The summed E-state index contributed by atoms with van der Waals surface area (Å²) in [5, 5.41) is 7.61. The van der Waals surface area contributed by atoms with Gasteiger partial charge >= 0.3 is 0 Å². The zero-order chi connectivity index (χ0) is 13.7. The molecule has 0 unspecified atom stereocenters. The van der Waals surface area contributed by atoms with Crippen molar-refractivity contribution < 1.29 is 4.74 Å². The summed E-state index contributed by atoms with van der Waals surface area (Å²) in [5.41, 5.74) is 2.28. The Morgan fingerprint density at radius 3 is 2.95 bits per heavy atom. The number of methoxy groups -OCH3 is 1. The fourth-order valence-electron chi connectivity index (χ4n) is 1.97. The molecule has 4 heteroatoms. The van der Waals surface area contributed by atoms with Crippen LogP contribution in [0, 0.1) is 0 Å². The van der Waals surface area contributed by atoms with Crippen LogP contribution in [0.3, 0.4) is 0 Å². The average Bonchev–Trinajstić information content (AvgIpc) is 2.92. The Morgan fingerprint density at radius 2 is 2.26 bits per heavy atom. The third-order valence-corrected chi connectivity index (χ3v) is 3.06. The van der Waals surface area contributed by atoms with E-state index in [0.717, 1.165) is 23.4 Å². The van der Waals surface area contributed by atoms with Crippen LogP contribution >= 0.6 is 0 Å². The first-order chi connectivity index (χ1) is 9.24. The molecule has 0 aliphatic heterocycles. The molecule has 2 rings (SSSR count).